The van der Waals surface area contributed by atoms with E-state index in [0.29, 0.717) is 11.5 Å². The highest BCUT2D eigenvalue weighted by molar-refractivity contribution is 5.77. The summed E-state index contributed by atoms with van der Waals surface area (Å²) >= 11 is 0. The predicted octanol–water partition coefficient (Wildman–Crippen LogP) is 3.10. The van der Waals surface area contributed by atoms with E-state index >= 15 is 0 Å². The maximum Gasteiger partial charge on any atom is 0.220 e. The van der Waals surface area contributed by atoms with Gasteiger partial charge < -0.3 is 9.52 Å². The van der Waals surface area contributed by atoms with E-state index in [9.17, 15) is 5.11 Å². The second-order valence-corrected chi connectivity index (χ2v) is 3.82. The number of hydrogen-bond donors (Lipinski definition) is 1. The number of pyridine rings is 1. The Morgan fingerprint density at radius 3 is 2.94 bits per heavy atom. The van der Waals surface area contributed by atoms with E-state index in [4.69, 9.17) is 4.42 Å². The quantitative estimate of drug-likeness (QED) is 0.745. The van der Waals surface area contributed by atoms with Crippen molar-refractivity contribution in [2.24, 2.45) is 0 Å². The molecule has 88 valence electrons. The van der Waals surface area contributed by atoms with Gasteiger partial charge in [0.1, 0.15) is 11.3 Å². The van der Waals surface area contributed by atoms with E-state index in [1.54, 1.807) is 36.7 Å². The van der Waals surface area contributed by atoms with Crippen LogP contribution < -0.4 is 0 Å². The fourth-order valence-electron chi connectivity index (χ4n) is 1.64. The van der Waals surface area contributed by atoms with Crippen LogP contribution in [0, 0.1) is 0 Å². The van der Waals surface area contributed by atoms with Gasteiger partial charge in [-0.25, -0.2) is 4.98 Å². The van der Waals surface area contributed by atoms with Gasteiger partial charge in [0.25, 0.3) is 0 Å². The minimum atomic E-state index is 0.168. The first-order chi connectivity index (χ1) is 8.81. The molecule has 0 aliphatic rings. The van der Waals surface area contributed by atoms with Crippen molar-refractivity contribution in [3.8, 4) is 5.75 Å². The van der Waals surface area contributed by atoms with E-state index in [1.807, 2.05) is 18.2 Å². The van der Waals surface area contributed by atoms with Crippen LogP contribution in [0.15, 0.2) is 47.1 Å². The molecule has 2 aromatic heterocycles. The van der Waals surface area contributed by atoms with Gasteiger partial charge in [0.15, 0.2) is 5.58 Å². The van der Waals surface area contributed by atoms with E-state index < -0.39 is 0 Å². The molecule has 0 bridgehead atoms. The molecule has 4 heteroatoms. The number of fused-ring (bicyclic) bond motifs is 1. The second-order valence-electron chi connectivity index (χ2n) is 3.82. The molecule has 0 aliphatic carbocycles. The van der Waals surface area contributed by atoms with Gasteiger partial charge in [-0.2, -0.15) is 0 Å². The lowest BCUT2D eigenvalue weighted by molar-refractivity contribution is 0.474. The Balaban J connectivity index is 1.93. The third kappa shape index (κ3) is 2.08. The first-order valence-electron chi connectivity index (χ1n) is 5.49. The number of rotatable bonds is 2. The molecule has 0 fully saturated rings. The summed E-state index contributed by atoms with van der Waals surface area (Å²) in [7, 11) is 0. The van der Waals surface area contributed by atoms with Gasteiger partial charge in [-0.1, -0.05) is 6.07 Å². The summed E-state index contributed by atoms with van der Waals surface area (Å²) in [5, 5.41) is 9.33. The van der Waals surface area contributed by atoms with Crippen LogP contribution in [-0.2, 0) is 0 Å². The van der Waals surface area contributed by atoms with Crippen LogP contribution in [0.3, 0.4) is 0 Å². The molecule has 0 spiro atoms. The summed E-state index contributed by atoms with van der Waals surface area (Å²) in [6.45, 7) is 0. The maximum atomic E-state index is 9.33. The number of oxazole rings is 1. The Bertz CT molecular complexity index is 702. The number of phenols is 1. The average molecular weight is 238 g/mol. The van der Waals surface area contributed by atoms with Crippen LogP contribution >= 0.6 is 0 Å². The second kappa shape index (κ2) is 4.33. The van der Waals surface area contributed by atoms with Gasteiger partial charge in [-0.15, -0.1) is 0 Å². The molecule has 0 unspecified atom stereocenters. The number of hydrogen-bond acceptors (Lipinski definition) is 4. The van der Waals surface area contributed by atoms with E-state index in [0.717, 1.165) is 11.1 Å². The fourth-order valence-corrected chi connectivity index (χ4v) is 1.64. The molecule has 2 heterocycles. The third-order valence-electron chi connectivity index (χ3n) is 2.49. The van der Waals surface area contributed by atoms with Crippen LogP contribution in [0.1, 0.15) is 11.5 Å². The molecule has 0 saturated heterocycles. The summed E-state index contributed by atoms with van der Waals surface area (Å²) in [5.41, 5.74) is 2.27. The molecule has 1 N–H and O–H groups in total. The topological polar surface area (TPSA) is 59.2 Å². The fraction of sp³-hybridized carbons (Fsp3) is 0. The van der Waals surface area contributed by atoms with Gasteiger partial charge in [0.05, 0.1) is 0 Å². The van der Waals surface area contributed by atoms with E-state index in [1.165, 1.54) is 0 Å². The van der Waals surface area contributed by atoms with Gasteiger partial charge in [0, 0.05) is 24.5 Å². The lowest BCUT2D eigenvalue weighted by Crippen LogP contribution is -1.74. The third-order valence-corrected chi connectivity index (χ3v) is 2.49. The van der Waals surface area contributed by atoms with Crippen molar-refractivity contribution >= 4 is 23.3 Å². The van der Waals surface area contributed by atoms with Crippen molar-refractivity contribution < 1.29 is 9.52 Å². The van der Waals surface area contributed by atoms with Crippen LogP contribution in [0.5, 0.6) is 5.75 Å². The molecule has 0 amide bonds. The molecule has 0 saturated carbocycles. The van der Waals surface area contributed by atoms with Crippen molar-refractivity contribution in [3.05, 3.63) is 54.2 Å². The molecule has 4 nitrogen and oxygen atoms in total. The highest BCUT2D eigenvalue weighted by Gasteiger charge is 2.03. The smallest absolute Gasteiger partial charge is 0.220 e. The van der Waals surface area contributed by atoms with Gasteiger partial charge >= 0.3 is 0 Å². The zero-order valence-electron chi connectivity index (χ0n) is 9.45. The molecule has 0 atom stereocenters. The van der Waals surface area contributed by atoms with Gasteiger partial charge in [-0.3, -0.25) is 4.98 Å². The Hall–Kier alpha value is -2.62. The highest BCUT2D eigenvalue weighted by atomic mass is 16.3. The van der Waals surface area contributed by atoms with Crippen molar-refractivity contribution in [2.75, 3.05) is 0 Å². The molecule has 3 aromatic rings. The normalized spacial score (nSPS) is 11.3. The van der Waals surface area contributed by atoms with E-state index in [2.05, 4.69) is 9.97 Å². The molecule has 0 radical (unpaired) electrons. The van der Waals surface area contributed by atoms with Crippen molar-refractivity contribution in [1.29, 1.82) is 0 Å². The number of nitrogens with zero attached hydrogens (tertiary/aromatic N) is 2. The van der Waals surface area contributed by atoms with Crippen molar-refractivity contribution in [3.63, 3.8) is 0 Å². The number of benzene rings is 1. The highest BCUT2D eigenvalue weighted by Crippen LogP contribution is 2.21. The zero-order chi connectivity index (χ0) is 12.4. The molecular formula is C14H10N2O2. The SMILES string of the molecule is Oc1ccc2nc(C=Cc3cccnc3)oc2c1. The average Bonchev–Trinajstić information content (AvgIpc) is 2.79. The predicted molar refractivity (Wildman–Crippen MR) is 68.8 cm³/mol. The van der Waals surface area contributed by atoms with Crippen LogP contribution in [0.4, 0.5) is 0 Å². The first kappa shape index (κ1) is 10.5. The number of aromatic hydroxyl groups is 1. The molecule has 18 heavy (non-hydrogen) atoms. The molecule has 3 rings (SSSR count). The lowest BCUT2D eigenvalue weighted by Gasteiger charge is -1.88. The summed E-state index contributed by atoms with van der Waals surface area (Å²) in [4.78, 5) is 8.30. The summed E-state index contributed by atoms with van der Waals surface area (Å²) in [5.74, 6) is 0.667. The molecule has 0 aliphatic heterocycles. The van der Waals surface area contributed by atoms with Crippen molar-refractivity contribution in [2.45, 2.75) is 0 Å². The Labute approximate surface area is 103 Å². The molecule has 1 aromatic carbocycles. The van der Waals surface area contributed by atoms with Gasteiger partial charge in [0.2, 0.25) is 5.89 Å². The zero-order valence-corrected chi connectivity index (χ0v) is 9.45. The summed E-state index contributed by atoms with van der Waals surface area (Å²) < 4.78 is 5.49. The standard InChI is InChI=1S/C14H10N2O2/c17-11-4-5-12-13(8-11)18-14(16-12)6-3-10-2-1-7-15-9-10/h1-9,17H. The Kier molecular flexibility index (Phi) is 2.53. The Morgan fingerprint density at radius 2 is 2.11 bits per heavy atom. The van der Waals surface area contributed by atoms with E-state index in [-0.39, 0.29) is 5.75 Å². The lowest BCUT2D eigenvalue weighted by atomic mass is 10.2. The Morgan fingerprint density at radius 1 is 1.17 bits per heavy atom. The minimum absolute atomic E-state index is 0.168. The van der Waals surface area contributed by atoms with Gasteiger partial charge in [-0.05, 0) is 29.8 Å². The minimum Gasteiger partial charge on any atom is -0.508 e. The summed E-state index contributed by atoms with van der Waals surface area (Å²) in [6.07, 6.45) is 7.12. The monoisotopic (exact) mass is 238 g/mol. The van der Waals surface area contributed by atoms with Crippen LogP contribution in [0.25, 0.3) is 23.3 Å². The van der Waals surface area contributed by atoms with Crippen LogP contribution in [-0.4, -0.2) is 15.1 Å². The van der Waals surface area contributed by atoms with Crippen molar-refractivity contribution in [1.82, 2.24) is 9.97 Å². The molecular weight excluding hydrogens is 228 g/mol. The number of phenolic OH excluding ortho intramolecular Hbond substituents is 1. The maximum absolute atomic E-state index is 9.33. The first-order valence-corrected chi connectivity index (χ1v) is 5.49. The summed E-state index contributed by atoms with van der Waals surface area (Å²) in [6, 6.07) is 8.65. The van der Waals surface area contributed by atoms with Crippen LogP contribution in [0.2, 0.25) is 0 Å². The largest absolute Gasteiger partial charge is 0.508 e. The number of aromatic nitrogens is 2.